The normalized spacial score (nSPS) is 18.6. The summed E-state index contributed by atoms with van der Waals surface area (Å²) >= 11 is 3.53. The summed E-state index contributed by atoms with van der Waals surface area (Å²) in [6.07, 6.45) is 5.09. The van der Waals surface area contributed by atoms with Crippen LogP contribution in [0.1, 0.15) is 68.9 Å². The first-order chi connectivity index (χ1) is 14.4. The number of nitrogens with zero attached hydrogens (tertiary/aromatic N) is 6. The van der Waals surface area contributed by atoms with Crippen LogP contribution in [0.3, 0.4) is 0 Å². The molecule has 6 nitrogen and oxygen atoms in total. The highest BCUT2D eigenvalue weighted by molar-refractivity contribution is 8.01. The van der Waals surface area contributed by atoms with Crippen molar-refractivity contribution in [3.63, 3.8) is 0 Å². The Morgan fingerprint density at radius 1 is 1.10 bits per heavy atom. The lowest BCUT2D eigenvalue weighted by atomic mass is 9.82. The predicted molar refractivity (Wildman–Crippen MR) is 126 cm³/mol. The molecule has 0 N–H and O–H groups in total. The molecule has 2 fully saturated rings. The Labute approximate surface area is 188 Å². The Morgan fingerprint density at radius 2 is 1.87 bits per heavy atom. The molecule has 30 heavy (non-hydrogen) atoms. The highest BCUT2D eigenvalue weighted by atomic mass is 32.2. The molecule has 4 rings (SSSR count). The van der Waals surface area contributed by atoms with Gasteiger partial charge < -0.3 is 4.90 Å². The van der Waals surface area contributed by atoms with Gasteiger partial charge in [-0.25, -0.2) is 9.97 Å². The lowest BCUT2D eigenvalue weighted by Gasteiger charge is -2.36. The molecule has 0 spiro atoms. The second-order valence-corrected chi connectivity index (χ2v) is 12.0. The lowest BCUT2D eigenvalue weighted by molar-refractivity contribution is 0.258. The van der Waals surface area contributed by atoms with Crippen LogP contribution < -0.4 is 4.90 Å². The molecule has 1 aliphatic heterocycles. The van der Waals surface area contributed by atoms with Gasteiger partial charge in [0.25, 0.3) is 0 Å². The smallest absolute Gasteiger partial charge is 0.174 e. The van der Waals surface area contributed by atoms with E-state index in [1.54, 1.807) is 11.3 Å². The monoisotopic (exact) mass is 446 g/mol. The van der Waals surface area contributed by atoms with Crippen molar-refractivity contribution < 1.29 is 0 Å². The first-order valence-electron chi connectivity index (χ1n) is 11.2. The zero-order valence-corrected chi connectivity index (χ0v) is 20.4. The molecule has 0 bridgehead atoms. The minimum atomic E-state index is -0.0144. The van der Waals surface area contributed by atoms with Gasteiger partial charge in [0.15, 0.2) is 4.34 Å². The molecule has 8 heteroatoms. The van der Waals surface area contributed by atoms with Gasteiger partial charge in [0.05, 0.1) is 0 Å². The fourth-order valence-electron chi connectivity index (χ4n) is 3.85. The van der Waals surface area contributed by atoms with E-state index < -0.39 is 0 Å². The van der Waals surface area contributed by atoms with Gasteiger partial charge in [-0.05, 0) is 32.7 Å². The molecular weight excluding hydrogens is 412 g/mol. The minimum Gasteiger partial charge on any atom is -0.354 e. The molecule has 0 atom stereocenters. The van der Waals surface area contributed by atoms with Crippen molar-refractivity contribution in [2.75, 3.05) is 43.4 Å². The van der Waals surface area contributed by atoms with Gasteiger partial charge in [0, 0.05) is 55.0 Å². The molecule has 0 amide bonds. The predicted octanol–water partition coefficient (Wildman–Crippen LogP) is 4.51. The van der Waals surface area contributed by atoms with Crippen molar-refractivity contribution in [2.45, 2.75) is 69.1 Å². The lowest BCUT2D eigenvalue weighted by Crippen LogP contribution is -2.47. The van der Waals surface area contributed by atoms with Crippen LogP contribution in [0.4, 0.5) is 5.82 Å². The van der Waals surface area contributed by atoms with Crippen molar-refractivity contribution >= 4 is 28.9 Å². The number of aromatic nitrogens is 4. The highest BCUT2D eigenvalue weighted by Gasteiger charge is 2.27. The number of thioether (sulfide) groups is 1. The number of rotatable bonds is 7. The molecular formula is C22H34N6S2. The third kappa shape index (κ3) is 5.51. The largest absolute Gasteiger partial charge is 0.354 e. The average molecular weight is 447 g/mol. The number of hydrogen-bond acceptors (Lipinski definition) is 8. The third-order valence-corrected chi connectivity index (χ3v) is 8.03. The zero-order chi connectivity index (χ0) is 21.1. The topological polar surface area (TPSA) is 58.0 Å². The summed E-state index contributed by atoms with van der Waals surface area (Å²) < 4.78 is 1.10. The second-order valence-electron chi connectivity index (χ2n) is 9.47. The van der Waals surface area contributed by atoms with Gasteiger partial charge in [0.2, 0.25) is 0 Å². The Morgan fingerprint density at radius 3 is 2.47 bits per heavy atom. The summed E-state index contributed by atoms with van der Waals surface area (Å²) in [6.45, 7) is 14.1. The van der Waals surface area contributed by atoms with Crippen LogP contribution in [0, 0.1) is 6.92 Å². The van der Waals surface area contributed by atoms with Crippen LogP contribution in [-0.4, -0.2) is 63.5 Å². The molecule has 2 aliphatic rings. The molecule has 0 radical (unpaired) electrons. The summed E-state index contributed by atoms with van der Waals surface area (Å²) in [4.78, 5) is 15.0. The van der Waals surface area contributed by atoms with Gasteiger partial charge in [-0.15, -0.1) is 10.2 Å². The SMILES string of the molecule is Cc1nnc(SCCCN2CCN(c3cc(C4CCC4)nc(C(C)(C)C)n3)CC2)s1. The van der Waals surface area contributed by atoms with E-state index in [9.17, 15) is 0 Å². The van der Waals surface area contributed by atoms with E-state index >= 15 is 0 Å². The first-order valence-corrected chi connectivity index (χ1v) is 13.0. The standard InChI is InChI=1S/C22H34N6S2/c1-16-25-26-21(30-16)29-14-6-9-27-10-12-28(13-11-27)19-15-18(17-7-5-8-17)23-20(24-19)22(2,3)4/h15,17H,5-14H2,1-4H3. The molecule has 0 aromatic carbocycles. The van der Waals surface area contributed by atoms with E-state index in [4.69, 9.17) is 9.97 Å². The summed E-state index contributed by atoms with van der Waals surface area (Å²) in [5.74, 6) is 3.89. The van der Waals surface area contributed by atoms with Gasteiger partial charge in [0.1, 0.15) is 16.6 Å². The molecule has 3 heterocycles. The Kier molecular flexibility index (Phi) is 6.95. The average Bonchev–Trinajstić information content (AvgIpc) is 3.09. The Bertz CT molecular complexity index is 834. The van der Waals surface area contributed by atoms with Crippen molar-refractivity contribution in [1.82, 2.24) is 25.1 Å². The van der Waals surface area contributed by atoms with E-state index in [1.807, 2.05) is 18.7 Å². The van der Waals surface area contributed by atoms with E-state index in [0.29, 0.717) is 5.92 Å². The summed E-state index contributed by atoms with van der Waals surface area (Å²) in [7, 11) is 0. The van der Waals surface area contributed by atoms with E-state index in [2.05, 4.69) is 46.8 Å². The second kappa shape index (κ2) is 9.49. The first kappa shape index (κ1) is 22.0. The van der Waals surface area contributed by atoms with E-state index in [1.165, 1.54) is 31.4 Å². The Hall–Kier alpha value is -1.25. The zero-order valence-electron chi connectivity index (χ0n) is 18.7. The van der Waals surface area contributed by atoms with Crippen LogP contribution in [0.2, 0.25) is 0 Å². The summed E-state index contributed by atoms with van der Waals surface area (Å²) in [5.41, 5.74) is 1.25. The maximum atomic E-state index is 4.99. The summed E-state index contributed by atoms with van der Waals surface area (Å²) in [6, 6.07) is 2.27. The fraction of sp³-hybridized carbons (Fsp3) is 0.727. The fourth-order valence-corrected chi connectivity index (χ4v) is 5.66. The van der Waals surface area contributed by atoms with Crippen LogP contribution in [0.5, 0.6) is 0 Å². The molecule has 1 saturated heterocycles. The van der Waals surface area contributed by atoms with Crippen LogP contribution >= 0.6 is 23.1 Å². The van der Waals surface area contributed by atoms with Gasteiger partial charge in [-0.3, -0.25) is 4.90 Å². The van der Waals surface area contributed by atoms with Crippen molar-refractivity contribution in [2.24, 2.45) is 0 Å². The van der Waals surface area contributed by atoms with Crippen LogP contribution in [-0.2, 0) is 5.41 Å². The van der Waals surface area contributed by atoms with Crippen molar-refractivity contribution in [3.05, 3.63) is 22.6 Å². The van der Waals surface area contributed by atoms with Gasteiger partial charge in [-0.2, -0.15) is 0 Å². The number of piperazine rings is 1. The third-order valence-electron chi connectivity index (χ3n) is 5.97. The highest BCUT2D eigenvalue weighted by Crippen LogP contribution is 2.37. The van der Waals surface area contributed by atoms with E-state index in [0.717, 1.165) is 59.5 Å². The minimum absolute atomic E-state index is 0.0144. The number of anilines is 1. The maximum absolute atomic E-state index is 4.99. The summed E-state index contributed by atoms with van der Waals surface area (Å²) in [5, 5.41) is 9.34. The van der Waals surface area contributed by atoms with Gasteiger partial charge in [-0.1, -0.05) is 50.3 Å². The van der Waals surface area contributed by atoms with Crippen LogP contribution in [0.25, 0.3) is 0 Å². The number of hydrogen-bond donors (Lipinski definition) is 0. The molecule has 1 aliphatic carbocycles. The number of aryl methyl sites for hydroxylation is 1. The Balaban J connectivity index is 1.30. The molecule has 164 valence electrons. The van der Waals surface area contributed by atoms with Crippen molar-refractivity contribution in [3.8, 4) is 0 Å². The van der Waals surface area contributed by atoms with E-state index in [-0.39, 0.29) is 5.41 Å². The molecule has 1 saturated carbocycles. The van der Waals surface area contributed by atoms with Crippen molar-refractivity contribution in [1.29, 1.82) is 0 Å². The van der Waals surface area contributed by atoms with Gasteiger partial charge >= 0.3 is 0 Å². The van der Waals surface area contributed by atoms with Crippen LogP contribution in [0.15, 0.2) is 10.4 Å². The maximum Gasteiger partial charge on any atom is 0.174 e. The quantitative estimate of drug-likeness (QED) is 0.458. The molecule has 0 unspecified atom stereocenters. The molecule has 2 aromatic heterocycles. The molecule has 2 aromatic rings.